The fraction of sp³-hybridized carbons (Fsp3) is 0.286. The Labute approximate surface area is 75.8 Å². The topological polar surface area (TPSA) is 47.0 Å². The van der Waals surface area contributed by atoms with Crippen molar-refractivity contribution in [1.29, 1.82) is 0 Å². The van der Waals surface area contributed by atoms with E-state index in [0.717, 1.165) is 0 Å². The van der Waals surface area contributed by atoms with Crippen molar-refractivity contribution in [3.8, 4) is 0 Å². The molecule has 0 aliphatic rings. The fourth-order valence-electron chi connectivity index (χ4n) is 0.779. The molecular weight excluding hydrogens is 198 g/mol. The van der Waals surface area contributed by atoms with Gasteiger partial charge in [0.2, 0.25) is 9.05 Å². The van der Waals surface area contributed by atoms with Crippen molar-refractivity contribution in [2.45, 2.75) is 12.2 Å². The van der Waals surface area contributed by atoms with Crippen molar-refractivity contribution < 1.29 is 8.42 Å². The molecule has 0 aromatic carbocycles. The molecule has 1 unspecified atom stereocenters. The molecule has 66 valence electrons. The minimum absolute atomic E-state index is 0.604. The van der Waals surface area contributed by atoms with Gasteiger partial charge in [0.05, 0.1) is 5.25 Å². The highest BCUT2D eigenvalue weighted by molar-refractivity contribution is 8.13. The van der Waals surface area contributed by atoms with Crippen LogP contribution in [0.2, 0.25) is 0 Å². The van der Waals surface area contributed by atoms with E-state index in [1.54, 1.807) is 18.3 Å². The second-order valence-electron chi connectivity index (χ2n) is 2.40. The van der Waals surface area contributed by atoms with Gasteiger partial charge < -0.3 is 0 Å². The van der Waals surface area contributed by atoms with Crippen LogP contribution in [0, 0.1) is 0 Å². The molecule has 1 rings (SSSR count). The third-order valence-electron chi connectivity index (χ3n) is 1.58. The molecule has 0 saturated carbocycles. The fourth-order valence-corrected chi connectivity index (χ4v) is 1.55. The molecule has 12 heavy (non-hydrogen) atoms. The van der Waals surface area contributed by atoms with E-state index in [9.17, 15) is 8.42 Å². The first kappa shape index (κ1) is 9.48. The Balaban J connectivity index is 3.02. The number of nitrogens with zero attached hydrogens (tertiary/aromatic N) is 1. The molecule has 0 N–H and O–H groups in total. The molecule has 0 aliphatic carbocycles. The zero-order valence-corrected chi connectivity index (χ0v) is 8.01. The molecule has 1 aromatic heterocycles. The summed E-state index contributed by atoms with van der Waals surface area (Å²) in [6.07, 6.45) is 3.07. The van der Waals surface area contributed by atoms with Crippen molar-refractivity contribution in [3.05, 3.63) is 30.1 Å². The molecular formula is C7H8ClNO2S. The second-order valence-corrected chi connectivity index (χ2v) is 5.35. The van der Waals surface area contributed by atoms with Crippen LogP contribution in [-0.2, 0) is 9.05 Å². The van der Waals surface area contributed by atoms with E-state index in [2.05, 4.69) is 4.98 Å². The van der Waals surface area contributed by atoms with Crippen LogP contribution >= 0.6 is 10.7 Å². The molecule has 1 heterocycles. The van der Waals surface area contributed by atoms with E-state index in [0.29, 0.717) is 5.56 Å². The van der Waals surface area contributed by atoms with Crippen LogP contribution in [0.15, 0.2) is 24.5 Å². The van der Waals surface area contributed by atoms with E-state index in [1.807, 2.05) is 0 Å². The summed E-state index contributed by atoms with van der Waals surface area (Å²) in [4.78, 5) is 3.80. The zero-order valence-electron chi connectivity index (χ0n) is 6.44. The lowest BCUT2D eigenvalue weighted by atomic mass is 10.2. The Morgan fingerprint density at radius 3 is 2.67 bits per heavy atom. The predicted octanol–water partition coefficient (Wildman–Crippen LogP) is 1.71. The van der Waals surface area contributed by atoms with Crippen molar-refractivity contribution in [1.82, 2.24) is 4.98 Å². The Hall–Kier alpha value is -0.610. The summed E-state index contributed by atoms with van der Waals surface area (Å²) in [5, 5.41) is -0.701. The minimum atomic E-state index is -3.52. The first-order valence-electron chi connectivity index (χ1n) is 3.35. The number of hydrogen-bond donors (Lipinski definition) is 0. The van der Waals surface area contributed by atoms with Gasteiger partial charge >= 0.3 is 0 Å². The van der Waals surface area contributed by atoms with Crippen molar-refractivity contribution in [2.75, 3.05) is 0 Å². The first-order valence-corrected chi connectivity index (χ1v) is 5.72. The SMILES string of the molecule is CC(c1cccnc1)S(=O)(=O)Cl. The van der Waals surface area contributed by atoms with E-state index in [4.69, 9.17) is 10.7 Å². The van der Waals surface area contributed by atoms with Crippen LogP contribution in [0.5, 0.6) is 0 Å². The minimum Gasteiger partial charge on any atom is -0.264 e. The third kappa shape index (κ3) is 2.19. The van der Waals surface area contributed by atoms with Crippen molar-refractivity contribution in [3.63, 3.8) is 0 Å². The van der Waals surface area contributed by atoms with Crippen LogP contribution in [0.25, 0.3) is 0 Å². The first-order chi connectivity index (χ1) is 5.52. The highest BCUT2D eigenvalue weighted by Crippen LogP contribution is 2.23. The lowest BCUT2D eigenvalue weighted by molar-refractivity contribution is 0.600. The van der Waals surface area contributed by atoms with Crippen LogP contribution in [0.3, 0.4) is 0 Å². The molecule has 0 spiro atoms. The Bertz CT molecular complexity index is 349. The average Bonchev–Trinajstić information content (AvgIpc) is 2.03. The number of pyridine rings is 1. The quantitative estimate of drug-likeness (QED) is 0.691. The lowest BCUT2D eigenvalue weighted by Gasteiger charge is -2.05. The maximum absolute atomic E-state index is 10.9. The molecule has 0 radical (unpaired) electrons. The van der Waals surface area contributed by atoms with Crippen LogP contribution < -0.4 is 0 Å². The monoisotopic (exact) mass is 205 g/mol. The lowest BCUT2D eigenvalue weighted by Crippen LogP contribution is -2.02. The van der Waals surface area contributed by atoms with Gasteiger partial charge in [-0.15, -0.1) is 0 Å². The Kier molecular flexibility index (Phi) is 2.69. The van der Waals surface area contributed by atoms with Crippen LogP contribution in [0.1, 0.15) is 17.7 Å². The van der Waals surface area contributed by atoms with E-state index in [-0.39, 0.29) is 0 Å². The van der Waals surface area contributed by atoms with Gasteiger partial charge in [-0.3, -0.25) is 4.98 Å². The molecule has 5 heteroatoms. The number of hydrogen-bond acceptors (Lipinski definition) is 3. The van der Waals surface area contributed by atoms with Crippen LogP contribution in [-0.4, -0.2) is 13.4 Å². The summed E-state index contributed by atoms with van der Waals surface area (Å²) < 4.78 is 21.7. The van der Waals surface area contributed by atoms with Gasteiger partial charge in [-0.25, -0.2) is 8.42 Å². The smallest absolute Gasteiger partial charge is 0.239 e. The molecule has 0 fully saturated rings. The standard InChI is InChI=1S/C7H8ClNO2S/c1-6(12(8,10)11)7-3-2-4-9-5-7/h2-6H,1H3. The van der Waals surface area contributed by atoms with Gasteiger partial charge in [0.15, 0.2) is 0 Å². The zero-order chi connectivity index (χ0) is 9.19. The van der Waals surface area contributed by atoms with Crippen LogP contribution in [0.4, 0.5) is 0 Å². The van der Waals surface area contributed by atoms with E-state index < -0.39 is 14.3 Å². The molecule has 3 nitrogen and oxygen atoms in total. The van der Waals surface area contributed by atoms with E-state index >= 15 is 0 Å². The molecule has 0 amide bonds. The van der Waals surface area contributed by atoms with Gasteiger partial charge in [0.1, 0.15) is 0 Å². The molecule has 1 aromatic rings. The average molecular weight is 206 g/mol. The highest BCUT2D eigenvalue weighted by atomic mass is 35.7. The molecule has 0 aliphatic heterocycles. The number of aromatic nitrogens is 1. The third-order valence-corrected chi connectivity index (χ3v) is 3.49. The highest BCUT2D eigenvalue weighted by Gasteiger charge is 2.19. The normalized spacial score (nSPS) is 14.2. The number of halogens is 1. The Morgan fingerprint density at radius 1 is 1.58 bits per heavy atom. The van der Waals surface area contributed by atoms with Gasteiger partial charge in [0, 0.05) is 23.1 Å². The summed E-state index contributed by atoms with van der Waals surface area (Å²) in [5.74, 6) is 0. The summed E-state index contributed by atoms with van der Waals surface area (Å²) in [6.45, 7) is 1.53. The second kappa shape index (κ2) is 3.41. The van der Waals surface area contributed by atoms with Crippen molar-refractivity contribution in [2.24, 2.45) is 0 Å². The molecule has 1 atom stereocenters. The predicted molar refractivity (Wildman–Crippen MR) is 47.4 cm³/mol. The summed E-state index contributed by atoms with van der Waals surface area (Å²) in [6, 6.07) is 3.35. The Morgan fingerprint density at radius 2 is 2.25 bits per heavy atom. The maximum Gasteiger partial charge on any atom is 0.239 e. The molecule has 0 saturated heterocycles. The van der Waals surface area contributed by atoms with Gasteiger partial charge in [0.25, 0.3) is 0 Å². The summed E-state index contributed by atoms with van der Waals surface area (Å²) >= 11 is 0. The summed E-state index contributed by atoms with van der Waals surface area (Å²) in [5.41, 5.74) is 0.604. The maximum atomic E-state index is 10.9. The number of rotatable bonds is 2. The van der Waals surface area contributed by atoms with Gasteiger partial charge in [-0.1, -0.05) is 6.07 Å². The van der Waals surface area contributed by atoms with E-state index in [1.165, 1.54) is 13.1 Å². The van der Waals surface area contributed by atoms with Crippen molar-refractivity contribution >= 4 is 19.7 Å². The van der Waals surface area contributed by atoms with Gasteiger partial charge in [-0.2, -0.15) is 0 Å². The molecule has 0 bridgehead atoms. The largest absolute Gasteiger partial charge is 0.264 e. The summed E-state index contributed by atoms with van der Waals surface area (Å²) in [7, 11) is 1.64. The van der Waals surface area contributed by atoms with Gasteiger partial charge in [-0.05, 0) is 18.6 Å².